The van der Waals surface area contributed by atoms with Crippen LogP contribution in [-0.2, 0) is 21.1 Å². The van der Waals surface area contributed by atoms with E-state index in [4.69, 9.17) is 0 Å². The predicted molar refractivity (Wildman–Crippen MR) is 97.7 cm³/mol. The highest BCUT2D eigenvalue weighted by molar-refractivity contribution is 6.06. The number of amides is 2. The van der Waals surface area contributed by atoms with Crippen molar-refractivity contribution < 1.29 is 14.4 Å². The third kappa shape index (κ3) is 3.64. The number of hydrogen-bond donors (Lipinski definition) is 2. The van der Waals surface area contributed by atoms with Crippen LogP contribution in [0.3, 0.4) is 0 Å². The van der Waals surface area contributed by atoms with Gasteiger partial charge in [-0.05, 0) is 6.07 Å². The minimum atomic E-state index is -0.414. The van der Waals surface area contributed by atoms with E-state index in [1.165, 1.54) is 13.1 Å². The van der Waals surface area contributed by atoms with Crippen molar-refractivity contribution in [1.29, 1.82) is 0 Å². The smallest absolute Gasteiger partial charge is 0.291 e. The molecule has 10 nitrogen and oxygen atoms in total. The Bertz CT molecular complexity index is 1040. The van der Waals surface area contributed by atoms with Gasteiger partial charge in [-0.25, -0.2) is 9.97 Å². The van der Waals surface area contributed by atoms with Crippen LogP contribution in [0.15, 0.2) is 30.9 Å². The van der Waals surface area contributed by atoms with Crippen LogP contribution < -0.4 is 10.6 Å². The van der Waals surface area contributed by atoms with Crippen molar-refractivity contribution in [2.45, 2.75) is 6.92 Å². The molecule has 140 valence electrons. The van der Waals surface area contributed by atoms with E-state index in [1.807, 2.05) is 0 Å². The number of ketones is 1. The molecular formula is C17H19N7O3. The quantitative estimate of drug-likeness (QED) is 0.656. The van der Waals surface area contributed by atoms with E-state index in [9.17, 15) is 14.4 Å². The lowest BCUT2D eigenvalue weighted by atomic mass is 10.3. The monoisotopic (exact) mass is 369 g/mol. The van der Waals surface area contributed by atoms with Crippen LogP contribution in [0, 0.1) is 0 Å². The summed E-state index contributed by atoms with van der Waals surface area (Å²) in [6, 6.07) is 1.55. The van der Waals surface area contributed by atoms with Crippen molar-refractivity contribution in [2.24, 2.45) is 21.1 Å². The number of anilines is 2. The van der Waals surface area contributed by atoms with Crippen molar-refractivity contribution in [3.63, 3.8) is 0 Å². The molecule has 0 saturated heterocycles. The first-order valence-electron chi connectivity index (χ1n) is 8.07. The molecule has 0 aliphatic rings. The Morgan fingerprint density at radius 2 is 1.67 bits per heavy atom. The van der Waals surface area contributed by atoms with Gasteiger partial charge < -0.3 is 24.3 Å². The first-order valence-corrected chi connectivity index (χ1v) is 8.07. The molecule has 0 spiro atoms. The number of aromatic nitrogens is 5. The molecule has 3 heterocycles. The molecule has 2 amide bonds. The third-order valence-electron chi connectivity index (χ3n) is 3.95. The number of nitrogens with zero attached hydrogens (tertiary/aromatic N) is 5. The molecule has 3 aromatic heterocycles. The van der Waals surface area contributed by atoms with Crippen LogP contribution in [0.1, 0.15) is 38.7 Å². The Kier molecular flexibility index (Phi) is 4.63. The molecule has 27 heavy (non-hydrogen) atoms. The van der Waals surface area contributed by atoms with Crippen LogP contribution in [0.25, 0.3) is 0 Å². The SMILES string of the molecule is CC(=O)c1nc(NC(=O)c2cc(NC(=O)c3nccn3C)cn2C)cn1C. The van der Waals surface area contributed by atoms with E-state index < -0.39 is 5.91 Å². The van der Waals surface area contributed by atoms with Gasteiger partial charge in [0.05, 0.1) is 5.69 Å². The minimum absolute atomic E-state index is 0.198. The van der Waals surface area contributed by atoms with Crippen molar-refractivity contribution >= 4 is 29.1 Å². The highest BCUT2D eigenvalue weighted by atomic mass is 16.2. The second kappa shape index (κ2) is 6.90. The Labute approximate surface area is 154 Å². The normalized spacial score (nSPS) is 10.7. The number of rotatable bonds is 5. The number of carbonyl (C=O) groups excluding carboxylic acids is 3. The lowest BCUT2D eigenvalue weighted by Crippen LogP contribution is -2.16. The van der Waals surface area contributed by atoms with E-state index in [-0.39, 0.29) is 29.2 Å². The summed E-state index contributed by atoms with van der Waals surface area (Å²) < 4.78 is 4.72. The number of Topliss-reactive ketones (excluding diaryl/α,β-unsaturated/α-hetero) is 1. The molecule has 0 aromatic carbocycles. The molecule has 0 bridgehead atoms. The van der Waals surface area contributed by atoms with Gasteiger partial charge in [0, 0.05) is 52.9 Å². The molecule has 0 atom stereocenters. The largest absolute Gasteiger partial charge is 0.344 e. The second-order valence-electron chi connectivity index (χ2n) is 6.11. The second-order valence-corrected chi connectivity index (χ2v) is 6.11. The summed E-state index contributed by atoms with van der Waals surface area (Å²) in [6.45, 7) is 1.40. The molecule has 0 radical (unpaired) electrons. The Morgan fingerprint density at radius 1 is 0.926 bits per heavy atom. The van der Waals surface area contributed by atoms with E-state index in [1.54, 1.807) is 59.5 Å². The van der Waals surface area contributed by atoms with Crippen molar-refractivity contribution in [1.82, 2.24) is 23.7 Å². The molecule has 0 aliphatic heterocycles. The van der Waals surface area contributed by atoms with Crippen molar-refractivity contribution in [3.05, 3.63) is 48.2 Å². The van der Waals surface area contributed by atoms with E-state index in [0.29, 0.717) is 11.4 Å². The van der Waals surface area contributed by atoms with Gasteiger partial charge in [-0.1, -0.05) is 0 Å². The van der Waals surface area contributed by atoms with Gasteiger partial charge in [0.25, 0.3) is 11.8 Å². The lowest BCUT2D eigenvalue weighted by molar-refractivity contribution is 0.0994. The van der Waals surface area contributed by atoms with Gasteiger partial charge in [-0.3, -0.25) is 14.4 Å². The maximum absolute atomic E-state index is 12.5. The van der Waals surface area contributed by atoms with E-state index in [0.717, 1.165) is 0 Å². The highest BCUT2D eigenvalue weighted by Gasteiger charge is 2.18. The average molecular weight is 369 g/mol. The zero-order valence-corrected chi connectivity index (χ0v) is 15.3. The van der Waals surface area contributed by atoms with Gasteiger partial charge in [0.15, 0.2) is 23.2 Å². The highest BCUT2D eigenvalue weighted by Crippen LogP contribution is 2.16. The molecule has 0 fully saturated rings. The number of imidazole rings is 2. The van der Waals surface area contributed by atoms with Gasteiger partial charge in [0.2, 0.25) is 0 Å². The number of hydrogen-bond acceptors (Lipinski definition) is 5. The third-order valence-corrected chi connectivity index (χ3v) is 3.95. The fourth-order valence-corrected chi connectivity index (χ4v) is 2.66. The van der Waals surface area contributed by atoms with E-state index >= 15 is 0 Å². The zero-order chi connectivity index (χ0) is 19.7. The summed E-state index contributed by atoms with van der Waals surface area (Å²) in [6.07, 6.45) is 6.37. The summed E-state index contributed by atoms with van der Waals surface area (Å²) in [5.41, 5.74) is 0.779. The van der Waals surface area contributed by atoms with Crippen molar-refractivity contribution in [2.75, 3.05) is 10.6 Å². The molecule has 10 heteroatoms. The van der Waals surface area contributed by atoms with Gasteiger partial charge in [-0.15, -0.1) is 0 Å². The maximum Gasteiger partial charge on any atom is 0.291 e. The average Bonchev–Trinajstić information content (AvgIpc) is 3.26. The summed E-state index contributed by atoms with van der Waals surface area (Å²) in [5.74, 6) is -0.210. The first kappa shape index (κ1) is 18.1. The van der Waals surface area contributed by atoms with E-state index in [2.05, 4.69) is 20.6 Å². The van der Waals surface area contributed by atoms with Gasteiger partial charge in [0.1, 0.15) is 5.69 Å². The Morgan fingerprint density at radius 3 is 2.26 bits per heavy atom. The van der Waals surface area contributed by atoms with Crippen LogP contribution in [0.2, 0.25) is 0 Å². The summed E-state index contributed by atoms with van der Waals surface area (Å²) in [5, 5.41) is 5.35. The number of carbonyl (C=O) groups is 3. The molecule has 2 N–H and O–H groups in total. The van der Waals surface area contributed by atoms with Crippen LogP contribution in [0.4, 0.5) is 11.5 Å². The summed E-state index contributed by atoms with van der Waals surface area (Å²) in [4.78, 5) is 44.3. The standard InChI is InChI=1S/C17H19N7O3/c1-10(25)14-20-13(9-24(14)4)21-16(26)12-7-11(8-23(12)3)19-17(27)15-18-5-6-22(15)2/h5-9H,1-4H3,(H,19,27)(H,21,26). The molecule has 0 unspecified atom stereocenters. The van der Waals surface area contributed by atoms with Crippen LogP contribution >= 0.6 is 0 Å². The minimum Gasteiger partial charge on any atom is -0.344 e. The topological polar surface area (TPSA) is 116 Å². The molecule has 0 aliphatic carbocycles. The van der Waals surface area contributed by atoms with Crippen LogP contribution in [0.5, 0.6) is 0 Å². The number of nitrogens with one attached hydrogen (secondary N) is 2. The zero-order valence-electron chi connectivity index (χ0n) is 15.3. The fourth-order valence-electron chi connectivity index (χ4n) is 2.66. The molecule has 3 rings (SSSR count). The summed E-state index contributed by atoms with van der Waals surface area (Å²) in [7, 11) is 5.08. The van der Waals surface area contributed by atoms with Crippen LogP contribution in [-0.4, -0.2) is 41.3 Å². The summed E-state index contributed by atoms with van der Waals surface area (Å²) >= 11 is 0. The van der Waals surface area contributed by atoms with Gasteiger partial charge in [-0.2, -0.15) is 0 Å². The van der Waals surface area contributed by atoms with Gasteiger partial charge >= 0.3 is 0 Å². The molecule has 0 saturated carbocycles. The molecule has 3 aromatic rings. The predicted octanol–water partition coefficient (Wildman–Crippen LogP) is 1.20. The lowest BCUT2D eigenvalue weighted by Gasteiger charge is -2.02. The first-order chi connectivity index (χ1) is 12.8. The Hall–Kier alpha value is -3.69. The molecular weight excluding hydrogens is 350 g/mol. The maximum atomic E-state index is 12.5. The Balaban J connectivity index is 1.75. The number of aryl methyl sites for hydroxylation is 3. The fraction of sp³-hybridized carbons (Fsp3) is 0.235. The van der Waals surface area contributed by atoms with Crippen molar-refractivity contribution in [3.8, 4) is 0 Å².